The van der Waals surface area contributed by atoms with Gasteiger partial charge in [-0.2, -0.15) is 0 Å². The van der Waals surface area contributed by atoms with Crippen molar-refractivity contribution in [3.63, 3.8) is 0 Å². The van der Waals surface area contributed by atoms with Crippen molar-refractivity contribution in [2.75, 3.05) is 4.90 Å². The summed E-state index contributed by atoms with van der Waals surface area (Å²) >= 11 is 1.89. The first-order valence-electron chi connectivity index (χ1n) is 16.7. The number of benzene rings is 8. The zero-order valence-electron chi connectivity index (χ0n) is 26.6. The van der Waals surface area contributed by atoms with Gasteiger partial charge in [0.15, 0.2) is 0 Å². The first-order valence-corrected chi connectivity index (χ1v) is 17.5. The Labute approximate surface area is 288 Å². The molecular formula is C46H30N2S. The van der Waals surface area contributed by atoms with Crippen LogP contribution in [0.25, 0.3) is 69.6 Å². The van der Waals surface area contributed by atoms with Gasteiger partial charge in [0.2, 0.25) is 0 Å². The second kappa shape index (κ2) is 11.2. The molecule has 10 rings (SSSR count). The number of nitrogens with zero attached hydrogens (tertiary/aromatic N) is 2. The highest BCUT2D eigenvalue weighted by Gasteiger charge is 2.23. The molecular weight excluding hydrogens is 613 g/mol. The van der Waals surface area contributed by atoms with E-state index in [-0.39, 0.29) is 0 Å². The zero-order chi connectivity index (χ0) is 32.3. The van der Waals surface area contributed by atoms with E-state index in [1.54, 1.807) is 0 Å². The Balaban J connectivity index is 1.31. The summed E-state index contributed by atoms with van der Waals surface area (Å²) in [4.78, 5) is 2.48. The number of para-hydroxylation sites is 3. The van der Waals surface area contributed by atoms with Crippen LogP contribution in [-0.2, 0) is 0 Å². The molecule has 0 bridgehead atoms. The quantitative estimate of drug-likeness (QED) is 0.181. The Kier molecular flexibility index (Phi) is 6.39. The fourth-order valence-electron chi connectivity index (χ4n) is 7.61. The number of hydrogen-bond donors (Lipinski definition) is 0. The average Bonchev–Trinajstić information content (AvgIpc) is 3.72. The van der Waals surface area contributed by atoms with Gasteiger partial charge in [0.1, 0.15) is 0 Å². The van der Waals surface area contributed by atoms with Crippen molar-refractivity contribution in [3.05, 3.63) is 182 Å². The lowest BCUT2D eigenvalue weighted by atomic mass is 10.00. The molecule has 2 aromatic heterocycles. The van der Waals surface area contributed by atoms with Gasteiger partial charge in [0.05, 0.1) is 22.4 Å². The van der Waals surface area contributed by atoms with E-state index in [4.69, 9.17) is 0 Å². The van der Waals surface area contributed by atoms with Crippen LogP contribution in [0.15, 0.2) is 182 Å². The third-order valence-corrected chi connectivity index (χ3v) is 11.0. The van der Waals surface area contributed by atoms with Crippen molar-refractivity contribution in [1.82, 2.24) is 4.57 Å². The Bertz CT molecular complexity index is 2830. The van der Waals surface area contributed by atoms with Gasteiger partial charge in [0, 0.05) is 47.9 Å². The lowest BCUT2D eigenvalue weighted by molar-refractivity contribution is 1.18. The molecule has 0 saturated heterocycles. The zero-order valence-corrected chi connectivity index (χ0v) is 27.4. The lowest BCUT2D eigenvalue weighted by Crippen LogP contribution is -2.11. The van der Waals surface area contributed by atoms with E-state index in [1.165, 1.54) is 69.6 Å². The highest BCUT2D eigenvalue weighted by atomic mass is 32.1. The van der Waals surface area contributed by atoms with Gasteiger partial charge in [-0.3, -0.25) is 0 Å². The van der Waals surface area contributed by atoms with E-state index in [1.807, 2.05) is 11.3 Å². The predicted molar refractivity (Wildman–Crippen MR) is 211 cm³/mol. The van der Waals surface area contributed by atoms with Crippen molar-refractivity contribution < 1.29 is 0 Å². The van der Waals surface area contributed by atoms with Crippen molar-refractivity contribution in [2.24, 2.45) is 0 Å². The molecule has 3 heteroatoms. The molecule has 0 aliphatic heterocycles. The lowest BCUT2D eigenvalue weighted by Gasteiger charge is -2.29. The predicted octanol–water partition coefficient (Wildman–Crippen LogP) is 13.4. The van der Waals surface area contributed by atoms with Gasteiger partial charge in [-0.25, -0.2) is 0 Å². The Morgan fingerprint density at radius 2 is 1.12 bits per heavy atom. The number of thiophene rings is 1. The molecule has 0 aliphatic rings. The third-order valence-electron chi connectivity index (χ3n) is 9.77. The van der Waals surface area contributed by atoms with Gasteiger partial charge in [0.25, 0.3) is 0 Å². The van der Waals surface area contributed by atoms with Gasteiger partial charge in [-0.15, -0.1) is 11.3 Å². The fraction of sp³-hybridized carbons (Fsp3) is 0. The van der Waals surface area contributed by atoms with Gasteiger partial charge < -0.3 is 9.47 Å². The minimum atomic E-state index is 1.11. The van der Waals surface area contributed by atoms with Crippen molar-refractivity contribution in [2.45, 2.75) is 0 Å². The molecule has 0 radical (unpaired) electrons. The van der Waals surface area contributed by atoms with E-state index in [2.05, 4.69) is 191 Å². The highest BCUT2D eigenvalue weighted by molar-refractivity contribution is 7.26. The fourth-order valence-corrected chi connectivity index (χ4v) is 8.87. The number of rotatable bonds is 5. The van der Waals surface area contributed by atoms with E-state index in [0.29, 0.717) is 0 Å². The van der Waals surface area contributed by atoms with Crippen LogP contribution in [0.3, 0.4) is 0 Å². The van der Waals surface area contributed by atoms with Gasteiger partial charge >= 0.3 is 0 Å². The summed E-state index contributed by atoms with van der Waals surface area (Å²) < 4.78 is 5.02. The number of fused-ring (bicyclic) bond motifs is 8. The maximum atomic E-state index is 2.48. The molecule has 0 aliphatic carbocycles. The maximum Gasteiger partial charge on any atom is 0.0561 e. The molecule has 2 heterocycles. The van der Waals surface area contributed by atoms with E-state index >= 15 is 0 Å². The van der Waals surface area contributed by atoms with Crippen molar-refractivity contribution >= 4 is 81.1 Å². The standard InChI is InChI=1S/C46H30N2S/c1-3-14-31(15-4-1)35-19-9-11-22-40(35)48(42-24-13-25-44-45(42)39-28-26-32-16-7-8-20-36(32)46(39)49-44)34-27-29-38-37-21-10-12-23-41(37)47(43(38)30-34)33-17-5-2-6-18-33/h1-30H. The van der Waals surface area contributed by atoms with Crippen LogP contribution in [0.1, 0.15) is 0 Å². The summed E-state index contributed by atoms with van der Waals surface area (Å²) in [6, 6.07) is 66.1. The minimum absolute atomic E-state index is 1.11. The smallest absolute Gasteiger partial charge is 0.0561 e. The second-order valence-electron chi connectivity index (χ2n) is 12.5. The molecule has 10 aromatic rings. The summed E-state index contributed by atoms with van der Waals surface area (Å²) in [5.41, 5.74) is 9.34. The van der Waals surface area contributed by atoms with Gasteiger partial charge in [-0.05, 0) is 64.9 Å². The van der Waals surface area contributed by atoms with Crippen LogP contribution in [0, 0.1) is 0 Å². The van der Waals surface area contributed by atoms with E-state index < -0.39 is 0 Å². The minimum Gasteiger partial charge on any atom is -0.309 e. The molecule has 8 aromatic carbocycles. The average molecular weight is 643 g/mol. The van der Waals surface area contributed by atoms with Crippen LogP contribution >= 0.6 is 11.3 Å². The van der Waals surface area contributed by atoms with Crippen LogP contribution in [0.2, 0.25) is 0 Å². The Morgan fingerprint density at radius 3 is 2.00 bits per heavy atom. The summed E-state index contributed by atoms with van der Waals surface area (Å²) in [5, 5.41) is 7.63. The molecule has 49 heavy (non-hydrogen) atoms. The Hall–Kier alpha value is -6.16. The summed E-state index contributed by atoms with van der Waals surface area (Å²) in [7, 11) is 0. The Morgan fingerprint density at radius 1 is 0.449 bits per heavy atom. The first-order chi connectivity index (χ1) is 24.3. The summed E-state index contributed by atoms with van der Waals surface area (Å²) in [5.74, 6) is 0. The molecule has 0 spiro atoms. The van der Waals surface area contributed by atoms with Crippen LogP contribution in [0.4, 0.5) is 17.1 Å². The van der Waals surface area contributed by atoms with Crippen LogP contribution in [-0.4, -0.2) is 4.57 Å². The van der Waals surface area contributed by atoms with E-state index in [0.717, 1.165) is 17.1 Å². The number of hydrogen-bond acceptors (Lipinski definition) is 2. The molecule has 0 N–H and O–H groups in total. The second-order valence-corrected chi connectivity index (χ2v) is 13.6. The van der Waals surface area contributed by atoms with Crippen LogP contribution in [0.5, 0.6) is 0 Å². The normalized spacial score (nSPS) is 11.7. The first kappa shape index (κ1) is 27.9. The van der Waals surface area contributed by atoms with Crippen molar-refractivity contribution in [3.8, 4) is 16.8 Å². The largest absolute Gasteiger partial charge is 0.309 e. The molecule has 0 amide bonds. The molecule has 0 saturated carbocycles. The van der Waals surface area contributed by atoms with Crippen molar-refractivity contribution in [1.29, 1.82) is 0 Å². The molecule has 0 fully saturated rings. The van der Waals surface area contributed by atoms with E-state index in [9.17, 15) is 0 Å². The maximum absolute atomic E-state index is 2.48. The SMILES string of the molecule is c1ccc(-c2ccccc2N(c2ccc3c4ccccc4n(-c4ccccc4)c3c2)c2cccc3sc4c5ccccc5ccc4c23)cc1. The van der Waals surface area contributed by atoms with Crippen LogP contribution < -0.4 is 4.90 Å². The molecule has 230 valence electrons. The van der Waals surface area contributed by atoms with Gasteiger partial charge in [-0.1, -0.05) is 133 Å². The number of aromatic nitrogens is 1. The highest BCUT2D eigenvalue weighted by Crippen LogP contribution is 2.49. The summed E-state index contributed by atoms with van der Waals surface area (Å²) in [6.07, 6.45) is 0. The summed E-state index contributed by atoms with van der Waals surface area (Å²) in [6.45, 7) is 0. The third kappa shape index (κ3) is 4.40. The number of anilines is 3. The molecule has 2 nitrogen and oxygen atoms in total. The topological polar surface area (TPSA) is 8.17 Å². The molecule has 0 unspecified atom stereocenters. The monoisotopic (exact) mass is 642 g/mol. The molecule has 0 atom stereocenters.